The van der Waals surface area contributed by atoms with Crippen molar-refractivity contribution in [1.82, 2.24) is 4.57 Å². The molecule has 1 aromatic heterocycles. The zero-order valence-electron chi connectivity index (χ0n) is 18.2. The van der Waals surface area contributed by atoms with Crippen molar-refractivity contribution in [3.05, 3.63) is 45.2 Å². The van der Waals surface area contributed by atoms with Crippen LogP contribution in [0, 0.1) is 5.92 Å². The van der Waals surface area contributed by atoms with Gasteiger partial charge in [0.1, 0.15) is 18.1 Å². The number of rotatable bonds is 9. The monoisotopic (exact) mass is 479 g/mol. The Morgan fingerprint density at radius 1 is 1.34 bits per heavy atom. The molecule has 0 spiro atoms. The van der Waals surface area contributed by atoms with Gasteiger partial charge < -0.3 is 19.1 Å². The third-order valence-electron chi connectivity index (χ3n) is 5.22. The van der Waals surface area contributed by atoms with Crippen LogP contribution in [0.4, 0.5) is 0 Å². The zero-order valence-corrected chi connectivity index (χ0v) is 19.8. The highest BCUT2D eigenvalue weighted by molar-refractivity contribution is 7.99. The minimum absolute atomic E-state index is 0.0641. The van der Waals surface area contributed by atoms with E-state index in [-0.39, 0.29) is 34.5 Å². The van der Waals surface area contributed by atoms with Gasteiger partial charge in [-0.05, 0) is 31.1 Å². The Balaban J connectivity index is 1.91. The maximum Gasteiger partial charge on any atom is 0.313 e. The molecular formula is C23H26ClNO6S. The number of carbonyl (C=O) groups excluding carboxylic acids is 1. The van der Waals surface area contributed by atoms with Gasteiger partial charge in [0.05, 0.1) is 34.7 Å². The Morgan fingerprint density at radius 3 is 2.75 bits per heavy atom. The SMILES string of the molecule is CC(=O)c1cn2c(cc1=O)-c1cc(Cl)c(OCCCSCC(=O)O)cc1OC[C@H]2C(C)C. The molecule has 0 aliphatic carbocycles. The van der Waals surface area contributed by atoms with E-state index in [0.29, 0.717) is 53.2 Å². The van der Waals surface area contributed by atoms with Crippen LogP contribution >= 0.6 is 23.4 Å². The van der Waals surface area contributed by atoms with Gasteiger partial charge in [0.2, 0.25) is 0 Å². The van der Waals surface area contributed by atoms with E-state index in [1.165, 1.54) is 24.8 Å². The first kappa shape index (κ1) is 24.2. The number of Topliss-reactive ketones (excluding diaryl/α,β-unsaturated/α-hetero) is 1. The normalized spacial score (nSPS) is 14.8. The Bertz CT molecular complexity index is 1080. The number of hydrogen-bond acceptors (Lipinski definition) is 6. The van der Waals surface area contributed by atoms with E-state index in [2.05, 4.69) is 13.8 Å². The quantitative estimate of drug-likeness (QED) is 0.416. The van der Waals surface area contributed by atoms with Gasteiger partial charge in [-0.15, -0.1) is 0 Å². The molecule has 172 valence electrons. The molecule has 2 heterocycles. The molecule has 0 saturated heterocycles. The van der Waals surface area contributed by atoms with Crippen molar-refractivity contribution >= 4 is 35.1 Å². The largest absolute Gasteiger partial charge is 0.492 e. The van der Waals surface area contributed by atoms with Gasteiger partial charge in [0.25, 0.3) is 0 Å². The lowest BCUT2D eigenvalue weighted by atomic mass is 10.0. The number of thioether (sulfide) groups is 1. The maximum absolute atomic E-state index is 12.6. The van der Waals surface area contributed by atoms with Crippen LogP contribution in [0.3, 0.4) is 0 Å². The summed E-state index contributed by atoms with van der Waals surface area (Å²) >= 11 is 7.81. The Hall–Kier alpha value is -2.45. The Morgan fingerprint density at radius 2 is 2.09 bits per heavy atom. The van der Waals surface area contributed by atoms with Gasteiger partial charge in [0, 0.05) is 23.9 Å². The van der Waals surface area contributed by atoms with Gasteiger partial charge in [-0.2, -0.15) is 11.8 Å². The number of nitrogens with zero attached hydrogens (tertiary/aromatic N) is 1. The number of ketones is 1. The van der Waals surface area contributed by atoms with E-state index >= 15 is 0 Å². The molecule has 1 N–H and O–H groups in total. The minimum atomic E-state index is -0.837. The number of aromatic nitrogens is 1. The molecular weight excluding hydrogens is 454 g/mol. The van der Waals surface area contributed by atoms with E-state index in [1.54, 1.807) is 18.3 Å². The fraction of sp³-hybridized carbons (Fsp3) is 0.435. The predicted molar refractivity (Wildman–Crippen MR) is 126 cm³/mol. The van der Waals surface area contributed by atoms with Crippen LogP contribution < -0.4 is 14.9 Å². The van der Waals surface area contributed by atoms with Crippen molar-refractivity contribution in [2.45, 2.75) is 33.2 Å². The first-order valence-corrected chi connectivity index (χ1v) is 11.9. The van der Waals surface area contributed by atoms with Gasteiger partial charge in [-0.3, -0.25) is 14.4 Å². The molecule has 2 aromatic rings. The van der Waals surface area contributed by atoms with Crippen LogP contribution in [0.25, 0.3) is 11.3 Å². The summed E-state index contributed by atoms with van der Waals surface area (Å²) in [6.07, 6.45) is 2.30. The van der Waals surface area contributed by atoms with Crippen molar-refractivity contribution in [2.75, 3.05) is 24.7 Å². The van der Waals surface area contributed by atoms with Crippen LogP contribution in [0.15, 0.2) is 29.2 Å². The van der Waals surface area contributed by atoms with Crippen LogP contribution in [0.1, 0.15) is 43.6 Å². The number of pyridine rings is 1. The molecule has 0 fully saturated rings. The van der Waals surface area contributed by atoms with E-state index in [1.807, 2.05) is 4.57 Å². The third kappa shape index (κ3) is 5.48. The minimum Gasteiger partial charge on any atom is -0.492 e. The molecule has 3 rings (SSSR count). The maximum atomic E-state index is 12.6. The molecule has 1 aliphatic rings. The molecule has 1 aromatic carbocycles. The lowest BCUT2D eigenvalue weighted by Crippen LogP contribution is -2.25. The van der Waals surface area contributed by atoms with Gasteiger partial charge in [0.15, 0.2) is 11.2 Å². The standard InChI is InChI=1S/C23H26ClNO6S/c1-13(2)19-11-31-21-9-22(30-5-4-6-32-12-23(28)29)17(24)7-15(21)18-8-20(27)16(14(3)26)10-25(18)19/h7-10,13,19H,4-6,11-12H2,1-3H3,(H,28,29)/t19-/m0/s1. The zero-order chi connectivity index (χ0) is 23.4. The molecule has 0 amide bonds. The van der Waals surface area contributed by atoms with E-state index in [0.717, 1.165) is 0 Å². The van der Waals surface area contributed by atoms with Crippen LogP contribution in [-0.2, 0) is 4.79 Å². The first-order valence-electron chi connectivity index (χ1n) is 10.3. The van der Waals surface area contributed by atoms with E-state index < -0.39 is 5.97 Å². The van der Waals surface area contributed by atoms with Gasteiger partial charge >= 0.3 is 5.97 Å². The van der Waals surface area contributed by atoms with Crippen molar-refractivity contribution in [2.24, 2.45) is 5.92 Å². The molecule has 1 aliphatic heterocycles. The van der Waals surface area contributed by atoms with Crippen molar-refractivity contribution in [3.8, 4) is 22.8 Å². The average molecular weight is 480 g/mol. The molecule has 1 atom stereocenters. The van der Waals surface area contributed by atoms with Crippen LogP contribution in [-0.4, -0.2) is 46.1 Å². The third-order valence-corrected chi connectivity index (χ3v) is 6.55. The summed E-state index contributed by atoms with van der Waals surface area (Å²) in [5, 5.41) is 9.06. The summed E-state index contributed by atoms with van der Waals surface area (Å²) in [4.78, 5) is 35.1. The number of carboxylic acids is 1. The summed E-state index contributed by atoms with van der Waals surface area (Å²) < 4.78 is 13.8. The van der Waals surface area contributed by atoms with Crippen molar-refractivity contribution in [1.29, 1.82) is 0 Å². The fourth-order valence-electron chi connectivity index (χ4n) is 3.54. The second-order valence-electron chi connectivity index (χ2n) is 7.95. The van der Waals surface area contributed by atoms with Gasteiger partial charge in [-0.1, -0.05) is 25.4 Å². The number of aliphatic carboxylic acids is 1. The highest BCUT2D eigenvalue weighted by Gasteiger charge is 2.27. The summed E-state index contributed by atoms with van der Waals surface area (Å²) in [6, 6.07) is 4.83. The molecule has 0 saturated carbocycles. The highest BCUT2D eigenvalue weighted by atomic mass is 35.5. The summed E-state index contributed by atoms with van der Waals surface area (Å²) in [6.45, 7) is 6.25. The van der Waals surface area contributed by atoms with E-state index in [9.17, 15) is 14.4 Å². The smallest absolute Gasteiger partial charge is 0.313 e. The Kier molecular flexibility index (Phi) is 7.90. The summed E-state index contributed by atoms with van der Waals surface area (Å²) in [5.41, 5.74) is 1.11. The number of carbonyl (C=O) groups is 2. The summed E-state index contributed by atoms with van der Waals surface area (Å²) in [5.74, 6) is 0.824. The summed E-state index contributed by atoms with van der Waals surface area (Å²) in [7, 11) is 0. The molecule has 0 radical (unpaired) electrons. The number of ether oxygens (including phenoxy) is 2. The second kappa shape index (κ2) is 10.4. The number of halogens is 1. The topological polar surface area (TPSA) is 94.8 Å². The number of fused-ring (bicyclic) bond motifs is 3. The number of benzene rings is 1. The lowest BCUT2D eigenvalue weighted by molar-refractivity contribution is -0.133. The average Bonchev–Trinajstić information content (AvgIpc) is 2.86. The van der Waals surface area contributed by atoms with Gasteiger partial charge in [-0.25, -0.2) is 0 Å². The number of hydrogen-bond donors (Lipinski definition) is 1. The Labute approximate surface area is 195 Å². The molecule has 0 bridgehead atoms. The lowest BCUT2D eigenvalue weighted by Gasteiger charge is -2.24. The van der Waals surface area contributed by atoms with Crippen LogP contribution in [0.2, 0.25) is 5.02 Å². The molecule has 9 heteroatoms. The van der Waals surface area contributed by atoms with Crippen LogP contribution in [0.5, 0.6) is 11.5 Å². The second-order valence-corrected chi connectivity index (χ2v) is 9.46. The molecule has 32 heavy (non-hydrogen) atoms. The highest BCUT2D eigenvalue weighted by Crippen LogP contribution is 2.42. The van der Waals surface area contributed by atoms with Crippen molar-refractivity contribution in [3.63, 3.8) is 0 Å². The van der Waals surface area contributed by atoms with Crippen molar-refractivity contribution < 1.29 is 24.2 Å². The molecule has 7 nitrogen and oxygen atoms in total. The first-order chi connectivity index (χ1) is 15.2. The fourth-order valence-corrected chi connectivity index (χ4v) is 4.40. The predicted octanol–water partition coefficient (Wildman–Crippen LogP) is 4.55. The number of carboxylic acid groups (broad SMARTS) is 1. The van der Waals surface area contributed by atoms with E-state index in [4.69, 9.17) is 26.2 Å². The molecule has 0 unspecified atom stereocenters.